The molecule has 0 atom stereocenters. The Labute approximate surface area is 161 Å². The molecule has 0 saturated carbocycles. The zero-order chi connectivity index (χ0) is 19.2. The van der Waals surface area contributed by atoms with Crippen molar-refractivity contribution < 1.29 is 9.59 Å². The largest absolute Gasteiger partial charge is 0.387 e. The van der Waals surface area contributed by atoms with Crippen LogP contribution in [0.2, 0.25) is 0 Å². The summed E-state index contributed by atoms with van der Waals surface area (Å²) < 4.78 is 1.03. The number of nitrogens with zero attached hydrogens (tertiary/aromatic N) is 2. The SMILES string of the molecule is CC(N)=NC(=O)CNC(=O)Cc1nc2ccc(C3=CCC=CC=C3)cc2s1. The predicted octanol–water partition coefficient (Wildman–Crippen LogP) is 2.76. The van der Waals surface area contributed by atoms with Gasteiger partial charge in [-0.1, -0.05) is 36.4 Å². The summed E-state index contributed by atoms with van der Waals surface area (Å²) in [6.45, 7) is 1.35. The molecule has 3 rings (SSSR count). The first-order chi connectivity index (χ1) is 13.0. The van der Waals surface area contributed by atoms with E-state index < -0.39 is 5.91 Å². The molecule has 2 aromatic rings. The smallest absolute Gasteiger partial charge is 0.266 e. The molecular formula is C20H20N4O2S. The fourth-order valence-electron chi connectivity index (χ4n) is 2.63. The van der Waals surface area contributed by atoms with Gasteiger partial charge in [0.05, 0.1) is 29.0 Å². The Kier molecular flexibility index (Phi) is 5.93. The number of carbonyl (C=O) groups excluding carboxylic acids is 2. The van der Waals surface area contributed by atoms with Crippen LogP contribution in [-0.2, 0) is 16.0 Å². The maximum atomic E-state index is 12.0. The van der Waals surface area contributed by atoms with Gasteiger partial charge in [-0.15, -0.1) is 11.3 Å². The zero-order valence-electron chi connectivity index (χ0n) is 14.9. The number of fused-ring (bicyclic) bond motifs is 1. The Morgan fingerprint density at radius 2 is 2.19 bits per heavy atom. The monoisotopic (exact) mass is 380 g/mol. The maximum absolute atomic E-state index is 12.0. The Bertz CT molecular complexity index is 995. The number of rotatable bonds is 5. The van der Waals surface area contributed by atoms with Gasteiger partial charge in [-0.2, -0.15) is 4.99 Å². The summed E-state index contributed by atoms with van der Waals surface area (Å²) in [5, 5.41) is 3.25. The van der Waals surface area contributed by atoms with Crippen molar-refractivity contribution in [3.63, 3.8) is 0 Å². The van der Waals surface area contributed by atoms with Gasteiger partial charge in [-0.05, 0) is 36.6 Å². The highest BCUT2D eigenvalue weighted by Gasteiger charge is 2.11. The molecule has 0 radical (unpaired) electrons. The van der Waals surface area contributed by atoms with Crippen molar-refractivity contribution in [2.24, 2.45) is 10.7 Å². The Hall–Kier alpha value is -3.06. The summed E-state index contributed by atoms with van der Waals surface area (Å²) in [7, 11) is 0. The lowest BCUT2D eigenvalue weighted by molar-refractivity contribution is -0.124. The van der Waals surface area contributed by atoms with Crippen LogP contribution in [0.25, 0.3) is 15.8 Å². The van der Waals surface area contributed by atoms with Crippen LogP contribution in [0.5, 0.6) is 0 Å². The third kappa shape index (κ3) is 5.21. The number of aromatic nitrogens is 1. The van der Waals surface area contributed by atoms with Crippen molar-refractivity contribution in [1.29, 1.82) is 0 Å². The van der Waals surface area contributed by atoms with Gasteiger partial charge in [0, 0.05) is 0 Å². The zero-order valence-corrected chi connectivity index (χ0v) is 15.8. The third-order valence-corrected chi connectivity index (χ3v) is 4.83. The van der Waals surface area contributed by atoms with Crippen LogP contribution in [0, 0.1) is 0 Å². The molecule has 7 heteroatoms. The summed E-state index contributed by atoms with van der Waals surface area (Å²) in [5.41, 5.74) is 8.50. The quantitative estimate of drug-likeness (QED) is 0.616. The van der Waals surface area contributed by atoms with E-state index in [-0.39, 0.29) is 24.7 Å². The van der Waals surface area contributed by atoms with Gasteiger partial charge in [-0.3, -0.25) is 9.59 Å². The molecule has 0 unspecified atom stereocenters. The number of hydrogen-bond acceptors (Lipinski definition) is 4. The summed E-state index contributed by atoms with van der Waals surface area (Å²) in [6, 6.07) is 6.11. The van der Waals surface area contributed by atoms with Gasteiger partial charge in [0.15, 0.2) is 0 Å². The number of carbonyl (C=O) groups is 2. The summed E-state index contributed by atoms with van der Waals surface area (Å²) in [5.74, 6) is -0.574. The van der Waals surface area contributed by atoms with Gasteiger partial charge in [0.2, 0.25) is 5.91 Å². The van der Waals surface area contributed by atoms with Crippen LogP contribution < -0.4 is 11.1 Å². The van der Waals surface area contributed by atoms with E-state index in [0.29, 0.717) is 5.01 Å². The topological polar surface area (TPSA) is 97.4 Å². The molecule has 1 aromatic heterocycles. The number of nitrogens with two attached hydrogens (primary N) is 1. The fourth-order valence-corrected chi connectivity index (χ4v) is 3.64. The molecule has 138 valence electrons. The van der Waals surface area contributed by atoms with E-state index in [9.17, 15) is 9.59 Å². The number of amides is 2. The summed E-state index contributed by atoms with van der Waals surface area (Å²) in [4.78, 5) is 31.6. The predicted molar refractivity (Wildman–Crippen MR) is 110 cm³/mol. The molecular weight excluding hydrogens is 360 g/mol. The van der Waals surface area contributed by atoms with Gasteiger partial charge >= 0.3 is 0 Å². The van der Waals surface area contributed by atoms with E-state index in [1.165, 1.54) is 23.8 Å². The van der Waals surface area contributed by atoms with E-state index >= 15 is 0 Å². The number of hydrogen-bond donors (Lipinski definition) is 2. The number of thiazole rings is 1. The molecule has 0 aliphatic heterocycles. The van der Waals surface area contributed by atoms with E-state index in [4.69, 9.17) is 5.73 Å². The van der Waals surface area contributed by atoms with Gasteiger partial charge in [-0.25, -0.2) is 4.98 Å². The van der Waals surface area contributed by atoms with Crippen LogP contribution in [0.1, 0.15) is 23.9 Å². The second kappa shape index (κ2) is 8.55. The Morgan fingerprint density at radius 1 is 1.33 bits per heavy atom. The van der Waals surface area contributed by atoms with Crippen molar-refractivity contribution in [3.8, 4) is 0 Å². The van der Waals surface area contributed by atoms with Crippen LogP contribution in [0.3, 0.4) is 0 Å². The average Bonchev–Trinajstić information content (AvgIpc) is 2.82. The molecule has 2 amide bonds. The molecule has 1 heterocycles. The van der Waals surface area contributed by atoms with Crippen LogP contribution in [-0.4, -0.2) is 29.2 Å². The lowest BCUT2D eigenvalue weighted by Crippen LogP contribution is -2.30. The molecule has 3 N–H and O–H groups in total. The third-order valence-electron chi connectivity index (χ3n) is 3.81. The molecule has 0 fully saturated rings. The van der Waals surface area contributed by atoms with Crippen molar-refractivity contribution >= 4 is 44.8 Å². The highest BCUT2D eigenvalue weighted by atomic mass is 32.1. The second-order valence-electron chi connectivity index (χ2n) is 6.07. The molecule has 1 aromatic carbocycles. The molecule has 0 spiro atoms. The standard InChI is InChI=1S/C20H20N4O2S/c1-13(21)23-19(26)12-22-18(25)11-20-24-16-9-8-15(10-17(16)27-20)14-6-4-2-3-5-7-14/h2-4,6-10H,5,11-12H2,1H3,(H,22,25)(H2,21,23,26). The molecule has 0 saturated heterocycles. The molecule has 1 aliphatic rings. The Morgan fingerprint density at radius 3 is 3.00 bits per heavy atom. The van der Waals surface area contributed by atoms with Crippen LogP contribution in [0.15, 0.2) is 53.6 Å². The van der Waals surface area contributed by atoms with E-state index in [1.807, 2.05) is 24.3 Å². The lowest BCUT2D eigenvalue weighted by Gasteiger charge is -2.01. The van der Waals surface area contributed by atoms with Gasteiger partial charge in [0.25, 0.3) is 5.91 Å². The minimum absolute atomic E-state index is 0.125. The number of benzene rings is 1. The van der Waals surface area contributed by atoms with Gasteiger partial charge < -0.3 is 11.1 Å². The minimum atomic E-state index is -0.475. The fraction of sp³-hybridized carbons (Fsp3) is 0.200. The summed E-state index contributed by atoms with van der Waals surface area (Å²) in [6.07, 6.45) is 11.5. The number of allylic oxidation sites excluding steroid dienone is 6. The highest BCUT2D eigenvalue weighted by Crippen LogP contribution is 2.27. The average molecular weight is 380 g/mol. The van der Waals surface area contributed by atoms with E-state index in [0.717, 1.165) is 22.2 Å². The minimum Gasteiger partial charge on any atom is -0.387 e. The second-order valence-corrected chi connectivity index (χ2v) is 7.19. The maximum Gasteiger partial charge on any atom is 0.266 e. The summed E-state index contributed by atoms with van der Waals surface area (Å²) >= 11 is 1.48. The van der Waals surface area contributed by atoms with E-state index in [2.05, 4.69) is 39.6 Å². The van der Waals surface area contributed by atoms with Gasteiger partial charge in [0.1, 0.15) is 5.01 Å². The Balaban J connectivity index is 1.68. The van der Waals surface area contributed by atoms with Crippen molar-refractivity contribution in [2.75, 3.05) is 6.54 Å². The molecule has 0 bridgehead atoms. The van der Waals surface area contributed by atoms with Crippen molar-refractivity contribution in [2.45, 2.75) is 19.8 Å². The molecule has 27 heavy (non-hydrogen) atoms. The van der Waals surface area contributed by atoms with Crippen molar-refractivity contribution in [3.05, 3.63) is 59.2 Å². The molecule has 1 aliphatic carbocycles. The van der Waals surface area contributed by atoms with Crippen LogP contribution in [0.4, 0.5) is 0 Å². The van der Waals surface area contributed by atoms with Crippen molar-refractivity contribution in [1.82, 2.24) is 10.3 Å². The number of nitrogens with one attached hydrogen (secondary N) is 1. The first-order valence-corrected chi connectivity index (χ1v) is 9.36. The highest BCUT2D eigenvalue weighted by molar-refractivity contribution is 7.18. The first-order valence-electron chi connectivity index (χ1n) is 8.55. The van der Waals surface area contributed by atoms with E-state index in [1.54, 1.807) is 0 Å². The number of amidine groups is 1. The number of aliphatic imine (C=N–C) groups is 1. The lowest BCUT2D eigenvalue weighted by atomic mass is 10.0. The first kappa shape index (κ1) is 18.7. The molecule has 6 nitrogen and oxygen atoms in total. The van der Waals surface area contributed by atoms with Crippen LogP contribution >= 0.6 is 11.3 Å². The normalized spacial score (nSPS) is 14.1.